The van der Waals surface area contributed by atoms with Crippen LogP contribution in [0, 0.1) is 5.92 Å². The zero-order chi connectivity index (χ0) is 14.9. The molecule has 0 aromatic rings. The SMILES string of the molecule is CN(C(=O)C1CCC(F)(F)CC1)[C@@H]1COC[C@@H](O)[C@H]1O. The van der Waals surface area contributed by atoms with Crippen LogP contribution in [0.4, 0.5) is 8.78 Å². The van der Waals surface area contributed by atoms with Crippen LogP contribution in [0.25, 0.3) is 0 Å². The molecule has 116 valence electrons. The molecular formula is C13H21F2NO4. The number of ether oxygens (including phenoxy) is 1. The quantitative estimate of drug-likeness (QED) is 0.773. The summed E-state index contributed by atoms with van der Waals surface area (Å²) in [7, 11) is 1.52. The molecule has 1 aliphatic heterocycles. The molecule has 1 aliphatic carbocycles. The van der Waals surface area contributed by atoms with Crippen LogP contribution >= 0.6 is 0 Å². The molecular weight excluding hydrogens is 272 g/mol. The van der Waals surface area contributed by atoms with Crippen molar-refractivity contribution in [3.05, 3.63) is 0 Å². The molecule has 2 N–H and O–H groups in total. The van der Waals surface area contributed by atoms with E-state index < -0.39 is 30.1 Å². The van der Waals surface area contributed by atoms with Gasteiger partial charge in [-0.25, -0.2) is 8.78 Å². The summed E-state index contributed by atoms with van der Waals surface area (Å²) in [6, 6.07) is -0.631. The summed E-state index contributed by atoms with van der Waals surface area (Å²) in [5.41, 5.74) is 0. The van der Waals surface area contributed by atoms with Gasteiger partial charge in [0.2, 0.25) is 11.8 Å². The number of nitrogens with zero attached hydrogens (tertiary/aromatic N) is 1. The maximum Gasteiger partial charge on any atom is 0.248 e. The Balaban J connectivity index is 1.95. The Morgan fingerprint density at radius 1 is 1.25 bits per heavy atom. The van der Waals surface area contributed by atoms with Crippen molar-refractivity contribution >= 4 is 5.91 Å². The van der Waals surface area contributed by atoms with E-state index in [4.69, 9.17) is 4.74 Å². The van der Waals surface area contributed by atoms with Gasteiger partial charge in [-0.1, -0.05) is 0 Å². The minimum absolute atomic E-state index is 0.0371. The molecule has 1 amide bonds. The summed E-state index contributed by atoms with van der Waals surface area (Å²) in [4.78, 5) is 13.6. The molecule has 0 aromatic heterocycles. The monoisotopic (exact) mass is 293 g/mol. The van der Waals surface area contributed by atoms with Crippen LogP contribution < -0.4 is 0 Å². The molecule has 3 atom stereocenters. The van der Waals surface area contributed by atoms with Gasteiger partial charge in [-0.15, -0.1) is 0 Å². The first-order valence-electron chi connectivity index (χ1n) is 6.90. The van der Waals surface area contributed by atoms with Gasteiger partial charge in [0.1, 0.15) is 12.2 Å². The average Bonchev–Trinajstić information content (AvgIpc) is 2.40. The van der Waals surface area contributed by atoms with Crippen LogP contribution in [-0.4, -0.2) is 65.5 Å². The number of alkyl halides is 2. The Morgan fingerprint density at radius 3 is 2.45 bits per heavy atom. The van der Waals surface area contributed by atoms with Crippen LogP contribution in [0.3, 0.4) is 0 Å². The number of carbonyl (C=O) groups excluding carboxylic acids is 1. The van der Waals surface area contributed by atoms with Gasteiger partial charge in [0.15, 0.2) is 0 Å². The van der Waals surface area contributed by atoms with E-state index in [9.17, 15) is 23.8 Å². The van der Waals surface area contributed by atoms with Crippen molar-refractivity contribution < 1.29 is 28.5 Å². The number of hydrogen-bond donors (Lipinski definition) is 2. The molecule has 7 heteroatoms. The van der Waals surface area contributed by atoms with Gasteiger partial charge < -0.3 is 19.8 Å². The fourth-order valence-corrected chi connectivity index (χ4v) is 2.84. The molecule has 20 heavy (non-hydrogen) atoms. The number of halogens is 2. The maximum atomic E-state index is 13.1. The van der Waals surface area contributed by atoms with Crippen molar-refractivity contribution in [2.45, 2.75) is 49.9 Å². The van der Waals surface area contributed by atoms with Crippen LogP contribution in [0.2, 0.25) is 0 Å². The third kappa shape index (κ3) is 3.27. The van der Waals surface area contributed by atoms with E-state index in [2.05, 4.69) is 0 Å². The van der Waals surface area contributed by atoms with Gasteiger partial charge in [0, 0.05) is 25.8 Å². The maximum absolute atomic E-state index is 13.1. The lowest BCUT2D eigenvalue weighted by atomic mass is 9.85. The van der Waals surface area contributed by atoms with E-state index in [-0.39, 0.29) is 44.8 Å². The van der Waals surface area contributed by atoms with Crippen LogP contribution in [0.5, 0.6) is 0 Å². The summed E-state index contributed by atoms with van der Waals surface area (Å²) in [5, 5.41) is 19.4. The van der Waals surface area contributed by atoms with Gasteiger partial charge in [-0.2, -0.15) is 0 Å². The first-order chi connectivity index (χ1) is 9.32. The Hall–Kier alpha value is -0.790. The Labute approximate surface area is 116 Å². The molecule has 2 aliphatic rings. The highest BCUT2D eigenvalue weighted by Gasteiger charge is 2.41. The molecule has 0 spiro atoms. The number of aliphatic hydroxyl groups is 2. The van der Waals surface area contributed by atoms with Gasteiger partial charge in [0.05, 0.1) is 19.3 Å². The Bertz CT molecular complexity index is 356. The summed E-state index contributed by atoms with van der Waals surface area (Å²) in [6.45, 7) is 0.179. The summed E-state index contributed by atoms with van der Waals surface area (Å²) >= 11 is 0. The second-order valence-electron chi connectivity index (χ2n) is 5.74. The molecule has 1 saturated heterocycles. The van der Waals surface area contributed by atoms with E-state index >= 15 is 0 Å². The lowest BCUT2D eigenvalue weighted by Crippen LogP contribution is -2.57. The first kappa shape index (κ1) is 15.6. The molecule has 1 saturated carbocycles. The predicted molar refractivity (Wildman–Crippen MR) is 66.3 cm³/mol. The van der Waals surface area contributed by atoms with E-state index in [1.807, 2.05) is 0 Å². The lowest BCUT2D eigenvalue weighted by Gasteiger charge is -2.39. The van der Waals surface area contributed by atoms with E-state index in [0.29, 0.717) is 0 Å². The van der Waals surface area contributed by atoms with E-state index in [1.54, 1.807) is 0 Å². The van der Waals surface area contributed by atoms with Crippen LogP contribution in [0.1, 0.15) is 25.7 Å². The number of rotatable bonds is 2. The van der Waals surface area contributed by atoms with Crippen LogP contribution in [0.15, 0.2) is 0 Å². The Kier molecular flexibility index (Phi) is 4.61. The molecule has 2 fully saturated rings. The molecule has 0 bridgehead atoms. The fourth-order valence-electron chi connectivity index (χ4n) is 2.84. The first-order valence-corrected chi connectivity index (χ1v) is 6.90. The highest BCUT2D eigenvalue weighted by molar-refractivity contribution is 5.79. The van der Waals surface area contributed by atoms with Crippen LogP contribution in [-0.2, 0) is 9.53 Å². The number of likely N-dealkylation sites (N-methyl/N-ethyl adjacent to an activating group) is 1. The molecule has 0 aromatic carbocycles. The highest BCUT2D eigenvalue weighted by atomic mass is 19.3. The van der Waals surface area contributed by atoms with Crippen molar-refractivity contribution in [1.29, 1.82) is 0 Å². The smallest absolute Gasteiger partial charge is 0.248 e. The minimum Gasteiger partial charge on any atom is -0.388 e. The average molecular weight is 293 g/mol. The van der Waals surface area contributed by atoms with Gasteiger partial charge in [-0.05, 0) is 12.8 Å². The van der Waals surface area contributed by atoms with Crippen molar-refractivity contribution in [1.82, 2.24) is 4.90 Å². The zero-order valence-electron chi connectivity index (χ0n) is 11.5. The number of aliphatic hydroxyl groups excluding tert-OH is 2. The van der Waals surface area contributed by atoms with E-state index in [0.717, 1.165) is 0 Å². The summed E-state index contributed by atoms with van der Waals surface area (Å²) in [5.74, 6) is -3.37. The number of carbonyl (C=O) groups is 1. The lowest BCUT2D eigenvalue weighted by molar-refractivity contribution is -0.159. The molecule has 0 unspecified atom stereocenters. The highest BCUT2D eigenvalue weighted by Crippen LogP contribution is 2.37. The largest absolute Gasteiger partial charge is 0.388 e. The Morgan fingerprint density at radius 2 is 1.85 bits per heavy atom. The normalized spacial score (nSPS) is 34.8. The summed E-state index contributed by atoms with van der Waals surface area (Å²) in [6.07, 6.45) is -2.33. The zero-order valence-corrected chi connectivity index (χ0v) is 11.5. The molecule has 5 nitrogen and oxygen atoms in total. The van der Waals surface area contributed by atoms with Crippen molar-refractivity contribution in [3.63, 3.8) is 0 Å². The second-order valence-corrected chi connectivity index (χ2v) is 5.74. The van der Waals surface area contributed by atoms with Gasteiger partial charge >= 0.3 is 0 Å². The number of hydrogen-bond acceptors (Lipinski definition) is 4. The molecule has 0 radical (unpaired) electrons. The van der Waals surface area contributed by atoms with E-state index in [1.165, 1.54) is 11.9 Å². The van der Waals surface area contributed by atoms with Crippen molar-refractivity contribution in [2.75, 3.05) is 20.3 Å². The number of amides is 1. The fraction of sp³-hybridized carbons (Fsp3) is 0.923. The molecule has 2 rings (SSSR count). The van der Waals surface area contributed by atoms with Crippen molar-refractivity contribution in [2.24, 2.45) is 5.92 Å². The second kappa shape index (κ2) is 5.91. The van der Waals surface area contributed by atoms with Crippen molar-refractivity contribution in [3.8, 4) is 0 Å². The third-order valence-electron chi connectivity index (χ3n) is 4.28. The van der Waals surface area contributed by atoms with Gasteiger partial charge in [0.25, 0.3) is 0 Å². The topological polar surface area (TPSA) is 70.0 Å². The minimum atomic E-state index is -2.67. The standard InChI is InChI=1S/C13H21F2NO4/c1-16(9-6-20-7-10(17)11(9)18)12(19)8-2-4-13(14,15)5-3-8/h8-11,17-18H,2-7H2,1H3/t9-,10-,11+/m1/s1. The van der Waals surface area contributed by atoms with Gasteiger partial charge in [-0.3, -0.25) is 4.79 Å². The third-order valence-corrected chi connectivity index (χ3v) is 4.28. The predicted octanol–water partition coefficient (Wildman–Crippen LogP) is 0.391. The molecule has 1 heterocycles. The summed E-state index contributed by atoms with van der Waals surface area (Å²) < 4.78 is 31.3.